The molecule has 0 aliphatic heterocycles. The van der Waals surface area contributed by atoms with E-state index in [2.05, 4.69) is 10.1 Å². The smallest absolute Gasteiger partial charge is 0.407 e. The van der Waals surface area contributed by atoms with Gasteiger partial charge in [0.25, 0.3) is 0 Å². The molecule has 1 aromatic carbocycles. The molecule has 0 fully saturated rings. The van der Waals surface area contributed by atoms with Crippen molar-refractivity contribution in [3.63, 3.8) is 0 Å². The van der Waals surface area contributed by atoms with Crippen LogP contribution in [-0.2, 0) is 15.0 Å². The zero-order valence-corrected chi connectivity index (χ0v) is 11.6. The Morgan fingerprint density at radius 3 is 2.26 bits per heavy atom. The van der Waals surface area contributed by atoms with Crippen molar-refractivity contribution < 1.29 is 19.1 Å². The normalized spacial score (nSPS) is 10.7. The SMILES string of the molecule is CCOC(=O)NC(C)(C)c1ccc(C(=O)OC)cc1. The average molecular weight is 265 g/mol. The van der Waals surface area contributed by atoms with Crippen LogP contribution >= 0.6 is 0 Å². The van der Waals surface area contributed by atoms with Crippen molar-refractivity contribution in [2.45, 2.75) is 26.3 Å². The standard InChI is InChI=1S/C14H19NO4/c1-5-19-13(17)15-14(2,3)11-8-6-10(7-9-11)12(16)18-4/h6-9H,5H2,1-4H3,(H,15,17). The van der Waals surface area contributed by atoms with Crippen LogP contribution in [0, 0.1) is 0 Å². The Morgan fingerprint density at radius 2 is 1.79 bits per heavy atom. The van der Waals surface area contributed by atoms with Crippen LogP contribution in [0.1, 0.15) is 36.7 Å². The third-order valence-electron chi connectivity index (χ3n) is 2.72. The fourth-order valence-corrected chi connectivity index (χ4v) is 1.64. The van der Waals surface area contributed by atoms with Gasteiger partial charge >= 0.3 is 12.1 Å². The number of ether oxygens (including phenoxy) is 2. The largest absolute Gasteiger partial charge is 0.465 e. The second kappa shape index (κ2) is 6.22. The summed E-state index contributed by atoms with van der Waals surface area (Å²) in [6.45, 7) is 5.79. The number of hydrogen-bond donors (Lipinski definition) is 1. The molecule has 0 saturated carbocycles. The van der Waals surface area contributed by atoms with Crippen LogP contribution < -0.4 is 5.32 Å². The summed E-state index contributed by atoms with van der Waals surface area (Å²) in [7, 11) is 1.34. The second-order valence-electron chi connectivity index (χ2n) is 4.54. The van der Waals surface area contributed by atoms with Gasteiger partial charge in [0.2, 0.25) is 0 Å². The Bertz CT molecular complexity index is 451. The van der Waals surface area contributed by atoms with Gasteiger partial charge in [0.1, 0.15) is 0 Å². The Kier molecular flexibility index (Phi) is 4.92. The van der Waals surface area contributed by atoms with Gasteiger partial charge in [-0.25, -0.2) is 9.59 Å². The summed E-state index contributed by atoms with van der Waals surface area (Å²) in [5.74, 6) is -0.386. The van der Waals surface area contributed by atoms with Crippen molar-refractivity contribution in [3.8, 4) is 0 Å². The van der Waals surface area contributed by atoms with E-state index >= 15 is 0 Å². The first-order chi connectivity index (χ1) is 8.90. The molecule has 0 bridgehead atoms. The minimum atomic E-state index is -0.582. The Balaban J connectivity index is 2.84. The van der Waals surface area contributed by atoms with Gasteiger partial charge in [0.15, 0.2) is 0 Å². The van der Waals surface area contributed by atoms with E-state index in [1.807, 2.05) is 13.8 Å². The first-order valence-electron chi connectivity index (χ1n) is 6.04. The van der Waals surface area contributed by atoms with E-state index in [0.717, 1.165) is 5.56 Å². The Morgan fingerprint density at radius 1 is 1.21 bits per heavy atom. The summed E-state index contributed by atoms with van der Waals surface area (Å²) < 4.78 is 9.48. The highest BCUT2D eigenvalue weighted by atomic mass is 16.5. The van der Waals surface area contributed by atoms with E-state index in [9.17, 15) is 9.59 Å². The number of benzene rings is 1. The maximum Gasteiger partial charge on any atom is 0.407 e. The monoisotopic (exact) mass is 265 g/mol. The first-order valence-corrected chi connectivity index (χ1v) is 6.04. The molecule has 1 rings (SSSR count). The van der Waals surface area contributed by atoms with Gasteiger partial charge in [-0.2, -0.15) is 0 Å². The second-order valence-corrected chi connectivity index (χ2v) is 4.54. The lowest BCUT2D eigenvalue weighted by Crippen LogP contribution is -2.41. The summed E-state index contributed by atoms with van der Waals surface area (Å²) >= 11 is 0. The van der Waals surface area contributed by atoms with Gasteiger partial charge in [0, 0.05) is 0 Å². The van der Waals surface area contributed by atoms with Crippen LogP contribution in [-0.4, -0.2) is 25.8 Å². The summed E-state index contributed by atoms with van der Waals surface area (Å²) in [6.07, 6.45) is -0.468. The molecular formula is C14H19NO4. The number of nitrogens with one attached hydrogen (secondary N) is 1. The van der Waals surface area contributed by atoms with Crippen molar-refractivity contribution in [1.29, 1.82) is 0 Å². The quantitative estimate of drug-likeness (QED) is 0.849. The lowest BCUT2D eigenvalue weighted by Gasteiger charge is -2.26. The molecule has 0 aliphatic carbocycles. The number of esters is 1. The van der Waals surface area contributed by atoms with Crippen molar-refractivity contribution in [2.24, 2.45) is 0 Å². The van der Waals surface area contributed by atoms with Crippen molar-refractivity contribution >= 4 is 12.1 Å². The van der Waals surface area contributed by atoms with E-state index in [0.29, 0.717) is 12.2 Å². The molecule has 1 aromatic rings. The van der Waals surface area contributed by atoms with E-state index in [-0.39, 0.29) is 5.97 Å². The van der Waals surface area contributed by atoms with Crippen molar-refractivity contribution in [2.75, 3.05) is 13.7 Å². The highest BCUT2D eigenvalue weighted by molar-refractivity contribution is 5.89. The predicted octanol–water partition coefficient (Wildman–Crippen LogP) is 2.45. The van der Waals surface area contributed by atoms with Crippen molar-refractivity contribution in [1.82, 2.24) is 5.32 Å². The molecule has 5 nitrogen and oxygen atoms in total. The topological polar surface area (TPSA) is 64.6 Å². The van der Waals surface area contributed by atoms with Gasteiger partial charge in [0.05, 0.1) is 24.8 Å². The van der Waals surface area contributed by atoms with Crippen LogP contribution in [0.2, 0.25) is 0 Å². The molecule has 19 heavy (non-hydrogen) atoms. The third-order valence-corrected chi connectivity index (χ3v) is 2.72. The highest BCUT2D eigenvalue weighted by Gasteiger charge is 2.23. The van der Waals surface area contributed by atoms with Crippen LogP contribution in [0.15, 0.2) is 24.3 Å². The van der Waals surface area contributed by atoms with E-state index < -0.39 is 11.6 Å². The van der Waals surface area contributed by atoms with E-state index in [1.54, 1.807) is 31.2 Å². The number of alkyl carbamates (subject to hydrolysis) is 1. The molecule has 1 N–H and O–H groups in total. The Labute approximate surface area is 112 Å². The fourth-order valence-electron chi connectivity index (χ4n) is 1.64. The molecule has 104 valence electrons. The molecule has 0 saturated heterocycles. The highest BCUT2D eigenvalue weighted by Crippen LogP contribution is 2.20. The van der Waals surface area contributed by atoms with Gasteiger partial charge in [-0.05, 0) is 38.5 Å². The zero-order chi connectivity index (χ0) is 14.5. The minimum Gasteiger partial charge on any atom is -0.465 e. The van der Waals surface area contributed by atoms with Crippen LogP contribution in [0.3, 0.4) is 0 Å². The molecule has 0 heterocycles. The first kappa shape index (κ1) is 15.0. The fraction of sp³-hybridized carbons (Fsp3) is 0.429. The van der Waals surface area contributed by atoms with Crippen LogP contribution in [0.4, 0.5) is 4.79 Å². The molecule has 0 atom stereocenters. The summed E-state index contributed by atoms with van der Waals surface area (Å²) in [6, 6.07) is 6.88. The van der Waals surface area contributed by atoms with Gasteiger partial charge in [-0.15, -0.1) is 0 Å². The Hall–Kier alpha value is -2.04. The van der Waals surface area contributed by atoms with Crippen LogP contribution in [0.5, 0.6) is 0 Å². The maximum absolute atomic E-state index is 11.4. The molecule has 1 amide bonds. The van der Waals surface area contributed by atoms with Gasteiger partial charge in [-0.1, -0.05) is 12.1 Å². The molecule has 5 heteroatoms. The maximum atomic E-state index is 11.4. The minimum absolute atomic E-state index is 0.323. The van der Waals surface area contributed by atoms with Crippen molar-refractivity contribution in [3.05, 3.63) is 35.4 Å². The number of carbonyl (C=O) groups excluding carboxylic acids is 2. The molecule has 0 aromatic heterocycles. The van der Waals surface area contributed by atoms with Crippen LogP contribution in [0.25, 0.3) is 0 Å². The molecule has 0 radical (unpaired) electrons. The summed E-state index contributed by atoms with van der Waals surface area (Å²) in [5, 5.41) is 2.76. The molecule has 0 spiro atoms. The zero-order valence-electron chi connectivity index (χ0n) is 11.6. The van der Waals surface area contributed by atoms with E-state index in [1.165, 1.54) is 7.11 Å². The van der Waals surface area contributed by atoms with E-state index in [4.69, 9.17) is 4.74 Å². The number of carbonyl (C=O) groups is 2. The summed E-state index contributed by atoms with van der Waals surface area (Å²) in [4.78, 5) is 22.8. The number of amides is 1. The molecule has 0 unspecified atom stereocenters. The number of rotatable bonds is 4. The number of methoxy groups -OCH3 is 1. The molecule has 0 aliphatic rings. The third kappa shape index (κ3) is 3.98. The molecular weight excluding hydrogens is 246 g/mol. The average Bonchev–Trinajstić information content (AvgIpc) is 2.37. The van der Waals surface area contributed by atoms with Gasteiger partial charge in [-0.3, -0.25) is 0 Å². The lowest BCUT2D eigenvalue weighted by atomic mass is 9.93. The van der Waals surface area contributed by atoms with Gasteiger partial charge < -0.3 is 14.8 Å². The number of hydrogen-bond acceptors (Lipinski definition) is 4. The summed E-state index contributed by atoms with van der Waals surface area (Å²) in [5.41, 5.74) is 0.757. The lowest BCUT2D eigenvalue weighted by molar-refractivity contribution is 0.0600. The predicted molar refractivity (Wildman–Crippen MR) is 71.0 cm³/mol.